The smallest absolute Gasteiger partial charge is 0.283 e. The van der Waals surface area contributed by atoms with Gasteiger partial charge >= 0.3 is 0 Å². The Morgan fingerprint density at radius 3 is 2.15 bits per heavy atom. The Labute approximate surface area is 238 Å². The second-order valence-corrected chi connectivity index (χ2v) is 9.47. The standard InChI is InChI=1S/C29H18Cl3N3O4/c30-22-10-5-11-23(24(22)31)35-28(37)25(32)26(29(35)38)33-19-7-4-6-17(16-19)27(36)34-18-12-14-21(15-13-18)39-20-8-2-1-3-9-20/h1-16,33H,(H,34,36). The zero-order valence-electron chi connectivity index (χ0n) is 20.0. The van der Waals surface area contributed by atoms with E-state index < -0.39 is 11.8 Å². The highest BCUT2D eigenvalue weighted by Gasteiger charge is 2.40. The van der Waals surface area contributed by atoms with Gasteiger partial charge in [-0.05, 0) is 66.7 Å². The van der Waals surface area contributed by atoms with Gasteiger partial charge in [-0.1, -0.05) is 65.1 Å². The third kappa shape index (κ3) is 5.61. The van der Waals surface area contributed by atoms with Crippen LogP contribution in [0.2, 0.25) is 10.0 Å². The molecule has 1 heterocycles. The van der Waals surface area contributed by atoms with Crippen molar-refractivity contribution in [1.82, 2.24) is 0 Å². The van der Waals surface area contributed by atoms with Crippen LogP contribution in [0.5, 0.6) is 11.5 Å². The highest BCUT2D eigenvalue weighted by Crippen LogP contribution is 2.37. The molecule has 0 saturated carbocycles. The molecule has 0 radical (unpaired) electrons. The van der Waals surface area contributed by atoms with Crippen LogP contribution in [-0.4, -0.2) is 17.7 Å². The van der Waals surface area contributed by atoms with E-state index in [9.17, 15) is 14.4 Å². The van der Waals surface area contributed by atoms with Crippen LogP contribution in [0.15, 0.2) is 108 Å². The van der Waals surface area contributed by atoms with Gasteiger partial charge in [0.05, 0.1) is 15.7 Å². The molecule has 5 rings (SSSR count). The number of nitrogens with zero attached hydrogens (tertiary/aromatic N) is 1. The van der Waals surface area contributed by atoms with Gasteiger partial charge in [0.2, 0.25) is 0 Å². The van der Waals surface area contributed by atoms with Gasteiger partial charge in [0.25, 0.3) is 17.7 Å². The Morgan fingerprint density at radius 2 is 1.41 bits per heavy atom. The molecule has 7 nitrogen and oxygen atoms in total. The van der Waals surface area contributed by atoms with Gasteiger partial charge in [0.1, 0.15) is 22.2 Å². The Balaban J connectivity index is 1.28. The largest absolute Gasteiger partial charge is 0.457 e. The molecule has 0 unspecified atom stereocenters. The van der Waals surface area contributed by atoms with Gasteiger partial charge in [-0.2, -0.15) is 0 Å². The first-order chi connectivity index (χ1) is 18.8. The van der Waals surface area contributed by atoms with Gasteiger partial charge in [-0.15, -0.1) is 0 Å². The van der Waals surface area contributed by atoms with Gasteiger partial charge < -0.3 is 15.4 Å². The quantitative estimate of drug-likeness (QED) is 0.222. The number of carbonyl (C=O) groups excluding carboxylic acids is 3. The molecule has 194 valence electrons. The first kappa shape index (κ1) is 26.3. The predicted molar refractivity (Wildman–Crippen MR) is 153 cm³/mol. The monoisotopic (exact) mass is 577 g/mol. The summed E-state index contributed by atoms with van der Waals surface area (Å²) in [7, 11) is 0. The Bertz CT molecular complexity index is 1620. The maximum atomic E-state index is 13.1. The molecule has 39 heavy (non-hydrogen) atoms. The lowest BCUT2D eigenvalue weighted by atomic mass is 10.1. The van der Waals surface area contributed by atoms with Crippen LogP contribution in [0, 0.1) is 0 Å². The topological polar surface area (TPSA) is 87.7 Å². The summed E-state index contributed by atoms with van der Waals surface area (Å²) >= 11 is 18.5. The van der Waals surface area contributed by atoms with Crippen molar-refractivity contribution in [3.63, 3.8) is 0 Å². The van der Waals surface area contributed by atoms with E-state index in [0.29, 0.717) is 28.4 Å². The molecule has 10 heteroatoms. The Morgan fingerprint density at radius 1 is 0.718 bits per heavy atom. The number of hydrogen-bond donors (Lipinski definition) is 2. The number of carbonyl (C=O) groups is 3. The lowest BCUT2D eigenvalue weighted by molar-refractivity contribution is -0.120. The molecule has 4 aromatic carbocycles. The van der Waals surface area contributed by atoms with Gasteiger partial charge in [0, 0.05) is 16.9 Å². The van der Waals surface area contributed by atoms with Crippen molar-refractivity contribution in [2.75, 3.05) is 15.5 Å². The van der Waals surface area contributed by atoms with Crippen LogP contribution in [0.1, 0.15) is 10.4 Å². The maximum absolute atomic E-state index is 13.1. The van der Waals surface area contributed by atoms with E-state index in [0.717, 1.165) is 4.90 Å². The van der Waals surface area contributed by atoms with Crippen molar-refractivity contribution in [3.8, 4) is 11.5 Å². The van der Waals surface area contributed by atoms with Crippen LogP contribution >= 0.6 is 34.8 Å². The van der Waals surface area contributed by atoms with Gasteiger partial charge in [0.15, 0.2) is 0 Å². The molecule has 0 bridgehead atoms. The van der Waals surface area contributed by atoms with Gasteiger partial charge in [-0.3, -0.25) is 14.4 Å². The van der Waals surface area contributed by atoms with Crippen molar-refractivity contribution >= 4 is 69.6 Å². The maximum Gasteiger partial charge on any atom is 0.283 e. The summed E-state index contributed by atoms with van der Waals surface area (Å²) < 4.78 is 5.77. The zero-order valence-corrected chi connectivity index (χ0v) is 22.2. The lowest BCUT2D eigenvalue weighted by Gasteiger charge is -2.17. The highest BCUT2D eigenvalue weighted by molar-refractivity contribution is 6.54. The summed E-state index contributed by atoms with van der Waals surface area (Å²) in [6.07, 6.45) is 0. The molecule has 0 aliphatic carbocycles. The molecule has 0 saturated heterocycles. The molecule has 1 aliphatic heterocycles. The third-order valence-corrected chi connectivity index (χ3v) is 6.84. The van der Waals surface area contributed by atoms with Crippen LogP contribution in [0.4, 0.5) is 17.1 Å². The molecule has 0 fully saturated rings. The molecular formula is C29H18Cl3N3O4. The number of para-hydroxylation sites is 1. The molecule has 0 aromatic heterocycles. The second kappa shape index (κ2) is 11.2. The fraction of sp³-hybridized carbons (Fsp3) is 0. The Hall–Kier alpha value is -4.30. The fourth-order valence-electron chi connectivity index (χ4n) is 3.81. The molecular weight excluding hydrogens is 561 g/mol. The first-order valence-electron chi connectivity index (χ1n) is 11.6. The van der Waals surface area contributed by atoms with Crippen molar-refractivity contribution in [3.05, 3.63) is 123 Å². The van der Waals surface area contributed by atoms with E-state index in [2.05, 4.69) is 10.6 Å². The first-order valence-corrected chi connectivity index (χ1v) is 12.7. The number of halogens is 3. The number of hydrogen-bond acceptors (Lipinski definition) is 5. The number of rotatable bonds is 7. The van der Waals surface area contributed by atoms with E-state index in [-0.39, 0.29) is 32.4 Å². The van der Waals surface area contributed by atoms with Crippen LogP contribution in [0.3, 0.4) is 0 Å². The van der Waals surface area contributed by atoms with Crippen molar-refractivity contribution in [2.45, 2.75) is 0 Å². The minimum atomic E-state index is -0.748. The molecule has 3 amide bonds. The normalized spacial score (nSPS) is 13.1. The number of imide groups is 1. The summed E-state index contributed by atoms with van der Waals surface area (Å²) in [5.74, 6) is -0.505. The van der Waals surface area contributed by atoms with Gasteiger partial charge in [-0.25, -0.2) is 4.90 Å². The summed E-state index contributed by atoms with van der Waals surface area (Å²) in [5.41, 5.74) is 1.22. The second-order valence-electron chi connectivity index (χ2n) is 8.31. The number of ether oxygens (including phenoxy) is 1. The average Bonchev–Trinajstić information content (AvgIpc) is 3.15. The minimum Gasteiger partial charge on any atom is -0.457 e. The van der Waals surface area contributed by atoms with Crippen LogP contribution < -0.4 is 20.3 Å². The van der Waals surface area contributed by atoms with E-state index >= 15 is 0 Å². The highest BCUT2D eigenvalue weighted by atomic mass is 35.5. The molecule has 0 atom stereocenters. The van der Waals surface area contributed by atoms with Crippen molar-refractivity contribution in [1.29, 1.82) is 0 Å². The van der Waals surface area contributed by atoms with E-state index in [1.807, 2.05) is 30.3 Å². The molecule has 0 spiro atoms. The Kier molecular flexibility index (Phi) is 7.56. The number of anilines is 3. The molecule has 1 aliphatic rings. The summed E-state index contributed by atoms with van der Waals surface area (Å²) in [4.78, 5) is 39.6. The SMILES string of the molecule is O=C(Nc1ccc(Oc2ccccc2)cc1)c1cccc(NC2=C(Cl)C(=O)N(c3cccc(Cl)c3Cl)C2=O)c1. The molecule has 4 aromatic rings. The number of amides is 3. The summed E-state index contributed by atoms with van der Waals surface area (Å²) in [6.45, 7) is 0. The lowest BCUT2D eigenvalue weighted by Crippen LogP contribution is -2.32. The van der Waals surface area contributed by atoms with Crippen molar-refractivity contribution < 1.29 is 19.1 Å². The average molecular weight is 579 g/mol. The number of benzene rings is 4. The number of nitrogens with one attached hydrogen (secondary N) is 2. The van der Waals surface area contributed by atoms with Crippen LogP contribution in [-0.2, 0) is 9.59 Å². The predicted octanol–water partition coefficient (Wildman–Crippen LogP) is 7.47. The van der Waals surface area contributed by atoms with E-state index in [1.54, 1.807) is 48.5 Å². The van der Waals surface area contributed by atoms with Crippen molar-refractivity contribution in [2.24, 2.45) is 0 Å². The van der Waals surface area contributed by atoms with E-state index in [4.69, 9.17) is 39.5 Å². The zero-order chi connectivity index (χ0) is 27.5. The molecule has 2 N–H and O–H groups in total. The van der Waals surface area contributed by atoms with E-state index in [1.165, 1.54) is 18.2 Å². The summed E-state index contributed by atoms with van der Waals surface area (Å²) in [5, 5.41) is 5.59. The van der Waals surface area contributed by atoms with Crippen LogP contribution in [0.25, 0.3) is 0 Å². The summed E-state index contributed by atoms with van der Waals surface area (Å²) in [6, 6.07) is 27.3. The minimum absolute atomic E-state index is 0.0462. The fourth-order valence-corrected chi connectivity index (χ4v) is 4.40. The third-order valence-electron chi connectivity index (χ3n) is 5.68.